The summed E-state index contributed by atoms with van der Waals surface area (Å²) in [6, 6.07) is 2.33. The second kappa shape index (κ2) is 3.80. The van der Waals surface area contributed by atoms with Gasteiger partial charge in [0.05, 0.1) is 11.1 Å². The summed E-state index contributed by atoms with van der Waals surface area (Å²) in [5, 5.41) is 11.1. The van der Waals surface area contributed by atoms with E-state index in [9.17, 15) is 18.0 Å². The third-order valence-electron chi connectivity index (χ3n) is 1.78. The third kappa shape index (κ3) is 2.39. The van der Waals surface area contributed by atoms with E-state index in [0.717, 1.165) is 12.1 Å². The average Bonchev–Trinajstić information content (AvgIpc) is 2.14. The SMILES string of the molecule is CNC(=O)c1cc(O)ccc1C(F)(F)F. The van der Waals surface area contributed by atoms with Crippen LogP contribution in [0, 0.1) is 0 Å². The van der Waals surface area contributed by atoms with Crippen LogP contribution >= 0.6 is 0 Å². The molecule has 2 N–H and O–H groups in total. The lowest BCUT2D eigenvalue weighted by atomic mass is 10.1. The minimum Gasteiger partial charge on any atom is -0.508 e. The Morgan fingerprint density at radius 2 is 2.00 bits per heavy atom. The second-order valence-corrected chi connectivity index (χ2v) is 2.81. The van der Waals surface area contributed by atoms with Crippen LogP contribution in [0.1, 0.15) is 15.9 Å². The van der Waals surface area contributed by atoms with E-state index in [-0.39, 0.29) is 5.75 Å². The van der Waals surface area contributed by atoms with E-state index in [0.29, 0.717) is 6.07 Å². The Labute approximate surface area is 83.5 Å². The van der Waals surface area contributed by atoms with Crippen molar-refractivity contribution in [3.8, 4) is 5.75 Å². The van der Waals surface area contributed by atoms with Gasteiger partial charge in [-0.05, 0) is 18.2 Å². The smallest absolute Gasteiger partial charge is 0.417 e. The number of phenolic OH excluding ortho intramolecular Hbond substituents is 1. The fraction of sp³-hybridized carbons (Fsp3) is 0.222. The summed E-state index contributed by atoms with van der Waals surface area (Å²) < 4.78 is 37.2. The van der Waals surface area contributed by atoms with Gasteiger partial charge in [0.1, 0.15) is 5.75 Å². The Kier molecular flexibility index (Phi) is 2.88. The van der Waals surface area contributed by atoms with Crippen molar-refractivity contribution in [2.24, 2.45) is 0 Å². The Morgan fingerprint density at radius 1 is 1.40 bits per heavy atom. The van der Waals surface area contributed by atoms with Gasteiger partial charge in [-0.15, -0.1) is 0 Å². The van der Waals surface area contributed by atoms with Crippen molar-refractivity contribution in [2.75, 3.05) is 7.05 Å². The highest BCUT2D eigenvalue weighted by Crippen LogP contribution is 2.33. The topological polar surface area (TPSA) is 49.3 Å². The van der Waals surface area contributed by atoms with E-state index in [1.54, 1.807) is 0 Å². The molecule has 0 saturated heterocycles. The average molecular weight is 219 g/mol. The number of aromatic hydroxyl groups is 1. The Morgan fingerprint density at radius 3 is 2.47 bits per heavy atom. The van der Waals surface area contributed by atoms with Crippen molar-refractivity contribution in [2.45, 2.75) is 6.18 Å². The predicted octanol–water partition coefficient (Wildman–Crippen LogP) is 1.77. The van der Waals surface area contributed by atoms with Gasteiger partial charge in [-0.25, -0.2) is 0 Å². The van der Waals surface area contributed by atoms with Gasteiger partial charge in [-0.2, -0.15) is 13.2 Å². The zero-order chi connectivity index (χ0) is 11.6. The van der Waals surface area contributed by atoms with E-state index < -0.39 is 23.2 Å². The predicted molar refractivity (Wildman–Crippen MR) is 46.5 cm³/mol. The van der Waals surface area contributed by atoms with Crippen LogP contribution in [0.4, 0.5) is 13.2 Å². The molecule has 6 heteroatoms. The molecule has 0 bridgehead atoms. The molecule has 0 atom stereocenters. The second-order valence-electron chi connectivity index (χ2n) is 2.81. The van der Waals surface area contributed by atoms with Crippen LogP contribution in [-0.4, -0.2) is 18.1 Å². The molecule has 3 nitrogen and oxygen atoms in total. The monoisotopic (exact) mass is 219 g/mol. The van der Waals surface area contributed by atoms with E-state index in [2.05, 4.69) is 5.32 Å². The number of halogens is 3. The van der Waals surface area contributed by atoms with Crippen LogP contribution in [0.2, 0.25) is 0 Å². The lowest BCUT2D eigenvalue weighted by molar-refractivity contribution is -0.137. The maximum atomic E-state index is 12.4. The Hall–Kier alpha value is -1.72. The zero-order valence-corrected chi connectivity index (χ0v) is 7.72. The highest BCUT2D eigenvalue weighted by molar-refractivity contribution is 5.96. The first-order valence-electron chi connectivity index (χ1n) is 3.98. The molecule has 0 radical (unpaired) electrons. The van der Waals surface area contributed by atoms with Gasteiger partial charge >= 0.3 is 6.18 Å². The van der Waals surface area contributed by atoms with Gasteiger partial charge in [-0.3, -0.25) is 4.79 Å². The number of rotatable bonds is 1. The molecule has 0 aliphatic heterocycles. The largest absolute Gasteiger partial charge is 0.508 e. The first-order valence-corrected chi connectivity index (χ1v) is 3.98. The summed E-state index contributed by atoms with van der Waals surface area (Å²) >= 11 is 0. The Bertz CT molecular complexity index is 387. The third-order valence-corrected chi connectivity index (χ3v) is 1.78. The van der Waals surface area contributed by atoms with Gasteiger partial charge in [0.25, 0.3) is 5.91 Å². The van der Waals surface area contributed by atoms with E-state index in [1.807, 2.05) is 0 Å². The highest BCUT2D eigenvalue weighted by Gasteiger charge is 2.35. The van der Waals surface area contributed by atoms with Crippen LogP contribution < -0.4 is 5.32 Å². The molecule has 82 valence electrons. The zero-order valence-electron chi connectivity index (χ0n) is 7.72. The molecule has 0 unspecified atom stereocenters. The molecule has 1 rings (SSSR count). The fourth-order valence-electron chi connectivity index (χ4n) is 1.10. The van der Waals surface area contributed by atoms with Gasteiger partial charge in [-0.1, -0.05) is 0 Å². The van der Waals surface area contributed by atoms with Crippen molar-refractivity contribution in [3.05, 3.63) is 29.3 Å². The number of nitrogens with one attached hydrogen (secondary N) is 1. The molecule has 1 aromatic rings. The normalized spacial score (nSPS) is 11.2. The molecule has 0 aromatic heterocycles. The molecule has 0 spiro atoms. The number of benzene rings is 1. The molecule has 0 aliphatic carbocycles. The summed E-state index contributed by atoms with van der Waals surface area (Å²) in [4.78, 5) is 11.1. The van der Waals surface area contributed by atoms with Crippen molar-refractivity contribution in [1.82, 2.24) is 5.32 Å². The number of phenols is 1. The van der Waals surface area contributed by atoms with Gasteiger partial charge < -0.3 is 10.4 Å². The molecule has 0 saturated carbocycles. The lowest BCUT2D eigenvalue weighted by Crippen LogP contribution is -2.22. The van der Waals surface area contributed by atoms with Crippen molar-refractivity contribution in [3.63, 3.8) is 0 Å². The molecule has 1 amide bonds. The standard InChI is InChI=1S/C9H8F3NO2/c1-13-8(15)6-4-5(14)2-3-7(6)9(10,11)12/h2-4,14H,1H3,(H,13,15). The van der Waals surface area contributed by atoms with Crippen LogP contribution in [0.3, 0.4) is 0 Å². The van der Waals surface area contributed by atoms with Gasteiger partial charge in [0.2, 0.25) is 0 Å². The van der Waals surface area contributed by atoms with Crippen LogP contribution in [0.25, 0.3) is 0 Å². The molecular weight excluding hydrogens is 211 g/mol. The first kappa shape index (κ1) is 11.4. The lowest BCUT2D eigenvalue weighted by Gasteiger charge is -2.11. The number of carbonyl (C=O) groups excluding carboxylic acids is 1. The minimum atomic E-state index is -4.62. The van der Waals surface area contributed by atoms with Crippen molar-refractivity contribution in [1.29, 1.82) is 0 Å². The highest BCUT2D eigenvalue weighted by atomic mass is 19.4. The van der Waals surface area contributed by atoms with E-state index in [1.165, 1.54) is 7.05 Å². The number of hydrogen-bond donors (Lipinski definition) is 2. The van der Waals surface area contributed by atoms with E-state index in [4.69, 9.17) is 5.11 Å². The van der Waals surface area contributed by atoms with Crippen molar-refractivity contribution < 1.29 is 23.1 Å². The quantitative estimate of drug-likeness (QED) is 0.756. The summed E-state index contributed by atoms with van der Waals surface area (Å²) in [6.07, 6.45) is -4.62. The number of alkyl halides is 3. The molecular formula is C9H8F3NO2. The molecule has 0 fully saturated rings. The first-order chi connectivity index (χ1) is 6.86. The summed E-state index contributed by atoms with van der Waals surface area (Å²) in [6.45, 7) is 0. The van der Waals surface area contributed by atoms with Crippen molar-refractivity contribution >= 4 is 5.91 Å². The fourth-order valence-corrected chi connectivity index (χ4v) is 1.10. The number of carbonyl (C=O) groups is 1. The van der Waals surface area contributed by atoms with Crippen LogP contribution in [0.5, 0.6) is 5.75 Å². The van der Waals surface area contributed by atoms with Gasteiger partial charge in [0, 0.05) is 7.05 Å². The maximum absolute atomic E-state index is 12.4. The summed E-state index contributed by atoms with van der Waals surface area (Å²) in [5.74, 6) is -1.28. The minimum absolute atomic E-state index is 0.387. The molecule has 0 aliphatic rings. The molecule has 0 heterocycles. The Balaban J connectivity index is 3.33. The van der Waals surface area contributed by atoms with E-state index >= 15 is 0 Å². The summed E-state index contributed by atoms with van der Waals surface area (Å²) in [5.41, 5.74) is -1.66. The molecule has 15 heavy (non-hydrogen) atoms. The van der Waals surface area contributed by atoms with Gasteiger partial charge in [0.15, 0.2) is 0 Å². The maximum Gasteiger partial charge on any atom is 0.417 e. The molecule has 1 aromatic carbocycles. The number of hydrogen-bond acceptors (Lipinski definition) is 2. The number of amides is 1. The summed E-state index contributed by atoms with van der Waals surface area (Å²) in [7, 11) is 1.21. The van der Waals surface area contributed by atoms with Crippen LogP contribution in [0.15, 0.2) is 18.2 Å². The van der Waals surface area contributed by atoms with Crippen LogP contribution in [-0.2, 0) is 6.18 Å².